The summed E-state index contributed by atoms with van der Waals surface area (Å²) in [5.41, 5.74) is 2.82. The van der Waals surface area contributed by atoms with Crippen molar-refractivity contribution in [3.05, 3.63) is 72.1 Å². The van der Waals surface area contributed by atoms with E-state index in [0.717, 1.165) is 16.7 Å². The lowest BCUT2D eigenvalue weighted by molar-refractivity contribution is -0.143. The van der Waals surface area contributed by atoms with Crippen LogP contribution in [0.4, 0.5) is 0 Å². The Morgan fingerprint density at radius 2 is 1.76 bits per heavy atom. The summed E-state index contributed by atoms with van der Waals surface area (Å²) in [5.74, 6) is -1.12. The number of aromatic nitrogens is 3. The molecule has 0 aliphatic heterocycles. The van der Waals surface area contributed by atoms with Gasteiger partial charge in [-0.2, -0.15) is 0 Å². The quantitative estimate of drug-likeness (QED) is 0.548. The zero-order chi connectivity index (χ0) is 20.3. The lowest BCUT2D eigenvalue weighted by Crippen LogP contribution is -2.39. The van der Waals surface area contributed by atoms with Gasteiger partial charge in [-0.3, -0.25) is 14.7 Å². The van der Waals surface area contributed by atoms with Crippen LogP contribution in [0.2, 0.25) is 0 Å². The molecule has 1 unspecified atom stereocenters. The number of H-pyrrole nitrogens is 1. The van der Waals surface area contributed by atoms with Crippen LogP contribution in [-0.4, -0.2) is 38.4 Å². The van der Waals surface area contributed by atoms with E-state index in [1.54, 1.807) is 0 Å². The molecule has 7 nitrogen and oxygen atoms in total. The van der Waals surface area contributed by atoms with E-state index < -0.39 is 11.4 Å². The van der Waals surface area contributed by atoms with Crippen LogP contribution in [-0.2, 0) is 11.2 Å². The number of benzene rings is 2. The number of nitrogens with zero attached hydrogens (tertiary/aromatic N) is 2. The minimum Gasteiger partial charge on any atom is -0.481 e. The summed E-state index contributed by atoms with van der Waals surface area (Å²) in [6.07, 6.45) is 3.60. The number of hydrogen-bond acceptors (Lipinski definition) is 4. The van der Waals surface area contributed by atoms with Crippen molar-refractivity contribution in [1.82, 2.24) is 20.7 Å². The summed E-state index contributed by atoms with van der Waals surface area (Å²) >= 11 is 0. The average molecular weight is 390 g/mol. The minimum absolute atomic E-state index is 0.259. The zero-order valence-corrected chi connectivity index (χ0v) is 15.8. The average Bonchev–Trinajstić information content (AvgIpc) is 3.31. The zero-order valence-electron chi connectivity index (χ0n) is 15.8. The molecule has 1 atom stereocenters. The van der Waals surface area contributed by atoms with Gasteiger partial charge in [-0.1, -0.05) is 59.8 Å². The van der Waals surface area contributed by atoms with Crippen molar-refractivity contribution < 1.29 is 14.7 Å². The van der Waals surface area contributed by atoms with Crippen molar-refractivity contribution in [2.24, 2.45) is 5.41 Å². The molecule has 0 radical (unpaired) electrons. The number of carboxylic acid groups (broad SMARTS) is 1. The third kappa shape index (κ3) is 4.34. The van der Waals surface area contributed by atoms with Gasteiger partial charge >= 0.3 is 5.97 Å². The monoisotopic (exact) mass is 390 g/mol. The van der Waals surface area contributed by atoms with Crippen LogP contribution in [0.15, 0.2) is 60.8 Å². The van der Waals surface area contributed by atoms with E-state index in [0.29, 0.717) is 25.7 Å². The van der Waals surface area contributed by atoms with Crippen molar-refractivity contribution in [3.63, 3.8) is 0 Å². The smallest absolute Gasteiger partial charge is 0.309 e. The third-order valence-electron chi connectivity index (χ3n) is 5.48. The Morgan fingerprint density at radius 1 is 1.07 bits per heavy atom. The molecule has 148 valence electrons. The van der Waals surface area contributed by atoms with Crippen LogP contribution in [0.3, 0.4) is 0 Å². The molecule has 0 bridgehead atoms. The molecule has 29 heavy (non-hydrogen) atoms. The van der Waals surface area contributed by atoms with Gasteiger partial charge in [-0.05, 0) is 42.4 Å². The van der Waals surface area contributed by atoms with E-state index in [1.807, 2.05) is 42.5 Å². The van der Waals surface area contributed by atoms with E-state index in [1.165, 1.54) is 6.20 Å². The summed E-state index contributed by atoms with van der Waals surface area (Å²) < 4.78 is 0. The van der Waals surface area contributed by atoms with Gasteiger partial charge in [0, 0.05) is 6.04 Å². The van der Waals surface area contributed by atoms with E-state index in [4.69, 9.17) is 0 Å². The van der Waals surface area contributed by atoms with Gasteiger partial charge in [0.05, 0.1) is 11.6 Å². The first-order chi connectivity index (χ1) is 14.1. The first-order valence-corrected chi connectivity index (χ1v) is 9.60. The number of carbonyl (C=O) groups is 2. The van der Waals surface area contributed by atoms with Crippen molar-refractivity contribution >= 4 is 11.9 Å². The fraction of sp³-hybridized carbons (Fsp3) is 0.273. The summed E-state index contributed by atoms with van der Waals surface area (Å²) in [6, 6.07) is 17.9. The second-order valence-electron chi connectivity index (χ2n) is 7.60. The lowest BCUT2D eigenvalue weighted by Gasteiger charge is -2.22. The normalized spacial score (nSPS) is 15.4. The van der Waals surface area contributed by atoms with Gasteiger partial charge in [0.15, 0.2) is 0 Å². The second-order valence-corrected chi connectivity index (χ2v) is 7.60. The van der Waals surface area contributed by atoms with Crippen molar-refractivity contribution in [2.45, 2.75) is 31.7 Å². The molecule has 1 amide bonds. The highest BCUT2D eigenvalue weighted by Gasteiger charge is 2.51. The SMILES string of the molecule is O=C(NC(Cc1ccc(-c2ccccc2)cc1)CC1(C(=O)O)CC1)c1cnn[nH]1. The predicted octanol–water partition coefficient (Wildman–Crippen LogP) is 3.07. The highest BCUT2D eigenvalue weighted by molar-refractivity contribution is 5.92. The second kappa shape index (κ2) is 7.87. The summed E-state index contributed by atoms with van der Waals surface area (Å²) in [5, 5.41) is 22.2. The largest absolute Gasteiger partial charge is 0.481 e. The molecule has 1 aliphatic carbocycles. The molecular formula is C22H22N4O3. The molecule has 0 spiro atoms. The highest BCUT2D eigenvalue weighted by atomic mass is 16.4. The fourth-order valence-electron chi connectivity index (χ4n) is 3.62. The number of hydrogen-bond donors (Lipinski definition) is 3. The van der Waals surface area contributed by atoms with Crippen LogP contribution >= 0.6 is 0 Å². The standard InChI is InChI=1S/C22H22N4O3/c27-20(19-14-23-26-25-19)24-18(13-22(10-11-22)21(28)29)12-15-6-8-17(9-7-15)16-4-2-1-3-5-16/h1-9,14,18H,10-13H2,(H,24,27)(H,28,29)(H,23,25,26). The first-order valence-electron chi connectivity index (χ1n) is 9.60. The van der Waals surface area contributed by atoms with Gasteiger partial charge in [0.2, 0.25) is 0 Å². The molecule has 7 heteroatoms. The Morgan fingerprint density at radius 3 is 2.34 bits per heavy atom. The third-order valence-corrected chi connectivity index (χ3v) is 5.48. The molecular weight excluding hydrogens is 368 g/mol. The maximum Gasteiger partial charge on any atom is 0.309 e. The number of aromatic amines is 1. The Hall–Kier alpha value is -3.48. The maximum absolute atomic E-state index is 12.5. The lowest BCUT2D eigenvalue weighted by atomic mass is 9.92. The van der Waals surface area contributed by atoms with Crippen LogP contribution in [0.5, 0.6) is 0 Å². The molecule has 1 saturated carbocycles. The Labute approximate surface area is 168 Å². The molecule has 3 aromatic rings. The summed E-state index contributed by atoms with van der Waals surface area (Å²) in [4.78, 5) is 24.1. The van der Waals surface area contributed by atoms with Crippen LogP contribution in [0.25, 0.3) is 11.1 Å². The Bertz CT molecular complexity index is 981. The topological polar surface area (TPSA) is 108 Å². The predicted molar refractivity (Wildman–Crippen MR) is 107 cm³/mol. The van der Waals surface area contributed by atoms with Gasteiger partial charge in [-0.25, -0.2) is 0 Å². The minimum atomic E-state index is -0.792. The number of carbonyl (C=O) groups excluding carboxylic acids is 1. The number of aliphatic carboxylic acids is 1. The molecule has 1 heterocycles. The van der Waals surface area contributed by atoms with E-state index in [-0.39, 0.29) is 17.6 Å². The summed E-state index contributed by atoms with van der Waals surface area (Å²) in [7, 11) is 0. The molecule has 1 fully saturated rings. The van der Waals surface area contributed by atoms with E-state index in [2.05, 4.69) is 32.9 Å². The molecule has 0 saturated heterocycles. The van der Waals surface area contributed by atoms with Crippen molar-refractivity contribution in [2.75, 3.05) is 0 Å². The highest BCUT2D eigenvalue weighted by Crippen LogP contribution is 2.50. The summed E-state index contributed by atoms with van der Waals surface area (Å²) in [6.45, 7) is 0. The number of amides is 1. The number of nitrogens with one attached hydrogen (secondary N) is 2. The van der Waals surface area contributed by atoms with E-state index in [9.17, 15) is 14.7 Å². The molecule has 1 aromatic heterocycles. The molecule has 4 rings (SSSR count). The van der Waals surface area contributed by atoms with Crippen LogP contribution in [0, 0.1) is 5.41 Å². The van der Waals surface area contributed by atoms with Crippen molar-refractivity contribution in [1.29, 1.82) is 0 Å². The Kier molecular flexibility index (Phi) is 5.12. The van der Waals surface area contributed by atoms with Gasteiger partial charge in [0.1, 0.15) is 5.69 Å². The Balaban J connectivity index is 1.50. The van der Waals surface area contributed by atoms with Crippen molar-refractivity contribution in [3.8, 4) is 11.1 Å². The van der Waals surface area contributed by atoms with E-state index >= 15 is 0 Å². The first kappa shape index (κ1) is 18.9. The fourth-order valence-corrected chi connectivity index (χ4v) is 3.62. The van der Waals surface area contributed by atoms with Gasteiger partial charge in [0.25, 0.3) is 5.91 Å². The maximum atomic E-state index is 12.5. The van der Waals surface area contributed by atoms with Crippen LogP contribution < -0.4 is 5.32 Å². The van der Waals surface area contributed by atoms with Crippen LogP contribution in [0.1, 0.15) is 35.3 Å². The van der Waals surface area contributed by atoms with Gasteiger partial charge in [-0.15, -0.1) is 5.10 Å². The molecule has 3 N–H and O–H groups in total. The van der Waals surface area contributed by atoms with Gasteiger partial charge < -0.3 is 10.4 Å². The number of carboxylic acids is 1. The molecule has 2 aromatic carbocycles. The molecule has 1 aliphatic rings. The number of rotatable bonds is 8.